The third-order valence-electron chi connectivity index (χ3n) is 5.38. The van der Waals surface area contributed by atoms with Crippen LogP contribution in [0.5, 0.6) is 0 Å². The summed E-state index contributed by atoms with van der Waals surface area (Å²) in [6.45, 7) is 6.31. The van der Waals surface area contributed by atoms with Crippen LogP contribution in [0.25, 0.3) is 21.5 Å². The fourth-order valence-electron chi connectivity index (χ4n) is 3.73. The zero-order chi connectivity index (χ0) is 22.1. The van der Waals surface area contributed by atoms with Gasteiger partial charge in [0, 0.05) is 27.6 Å². The van der Waals surface area contributed by atoms with E-state index in [1.807, 2.05) is 48.5 Å². The zero-order valence-corrected chi connectivity index (χ0v) is 18.4. The molecule has 0 saturated carbocycles. The maximum absolute atomic E-state index is 4.74. The van der Waals surface area contributed by atoms with Gasteiger partial charge in [0.1, 0.15) is 5.82 Å². The molecule has 1 aromatic heterocycles. The molecule has 0 aliphatic carbocycles. The molecule has 0 radical (unpaired) electrons. The molecule has 0 unspecified atom stereocenters. The lowest BCUT2D eigenvalue weighted by atomic mass is 9.96. The van der Waals surface area contributed by atoms with Gasteiger partial charge in [0.2, 0.25) is 11.9 Å². The minimum absolute atomic E-state index is 0.229. The summed E-state index contributed by atoms with van der Waals surface area (Å²) in [6.07, 6.45) is 0. The largest absolute Gasteiger partial charge is 0.323 e. The first-order valence-corrected chi connectivity index (χ1v) is 10.7. The molecule has 0 amide bonds. The first-order valence-electron chi connectivity index (χ1n) is 10.7. The molecule has 0 aliphatic rings. The lowest BCUT2D eigenvalue weighted by molar-refractivity contribution is 0.544. The topological polar surface area (TPSA) is 62.7 Å². The lowest BCUT2D eigenvalue weighted by Crippen LogP contribution is -2.19. The average Bonchev–Trinajstić information content (AvgIpc) is 2.79. The molecule has 0 aliphatic heterocycles. The number of nitrogens with zero attached hydrogens (tertiary/aromatic N) is 3. The molecule has 5 heteroatoms. The number of hydrogen-bond acceptors (Lipinski definition) is 5. The maximum atomic E-state index is 4.74. The van der Waals surface area contributed by atoms with Crippen LogP contribution < -0.4 is 10.6 Å². The summed E-state index contributed by atoms with van der Waals surface area (Å²) in [5, 5.41) is 11.4. The summed E-state index contributed by atoms with van der Waals surface area (Å²) < 4.78 is 0. The highest BCUT2D eigenvalue weighted by Gasteiger charge is 2.20. The van der Waals surface area contributed by atoms with Crippen molar-refractivity contribution in [2.75, 3.05) is 10.6 Å². The van der Waals surface area contributed by atoms with E-state index in [0.29, 0.717) is 11.9 Å². The van der Waals surface area contributed by atoms with Gasteiger partial charge in [0.25, 0.3) is 0 Å². The lowest BCUT2D eigenvalue weighted by Gasteiger charge is -2.19. The van der Waals surface area contributed by atoms with E-state index in [-0.39, 0.29) is 5.41 Å². The van der Waals surface area contributed by atoms with Gasteiger partial charge in [0.05, 0.1) is 0 Å². The van der Waals surface area contributed by atoms with Gasteiger partial charge < -0.3 is 10.6 Å². The Morgan fingerprint density at radius 3 is 1.44 bits per heavy atom. The fraction of sp³-hybridized carbons (Fsp3) is 0.148. The third-order valence-corrected chi connectivity index (χ3v) is 5.38. The summed E-state index contributed by atoms with van der Waals surface area (Å²) in [7, 11) is 0. The van der Waals surface area contributed by atoms with E-state index < -0.39 is 0 Å². The van der Waals surface area contributed by atoms with Crippen molar-refractivity contribution < 1.29 is 0 Å². The molecule has 0 spiro atoms. The molecule has 32 heavy (non-hydrogen) atoms. The van der Waals surface area contributed by atoms with E-state index >= 15 is 0 Å². The summed E-state index contributed by atoms with van der Waals surface area (Å²) in [5.74, 6) is 1.76. The highest BCUT2D eigenvalue weighted by Crippen LogP contribution is 2.29. The second-order valence-corrected chi connectivity index (χ2v) is 8.86. The Labute approximate surface area is 187 Å². The molecule has 2 N–H and O–H groups in total. The number of fused-ring (bicyclic) bond motifs is 2. The van der Waals surface area contributed by atoms with Crippen LogP contribution >= 0.6 is 0 Å². The van der Waals surface area contributed by atoms with E-state index in [4.69, 9.17) is 15.0 Å². The Morgan fingerprint density at radius 2 is 0.969 bits per heavy atom. The molecule has 158 valence electrons. The van der Waals surface area contributed by atoms with Gasteiger partial charge in [-0.15, -0.1) is 0 Å². The molecule has 0 fully saturated rings. The first-order chi connectivity index (χ1) is 15.5. The van der Waals surface area contributed by atoms with Crippen molar-refractivity contribution in [2.45, 2.75) is 26.2 Å². The van der Waals surface area contributed by atoms with Crippen LogP contribution in [0.1, 0.15) is 26.6 Å². The highest BCUT2D eigenvalue weighted by molar-refractivity contribution is 5.96. The fourth-order valence-corrected chi connectivity index (χ4v) is 3.73. The Balaban J connectivity index is 1.57. The number of benzene rings is 4. The quantitative estimate of drug-likeness (QED) is 0.330. The summed E-state index contributed by atoms with van der Waals surface area (Å²) in [6, 6.07) is 28.9. The summed E-state index contributed by atoms with van der Waals surface area (Å²) in [4.78, 5) is 14.2. The molecule has 0 atom stereocenters. The number of anilines is 4. The Hall–Kier alpha value is -3.99. The van der Waals surface area contributed by atoms with Gasteiger partial charge in [0.15, 0.2) is 0 Å². The van der Waals surface area contributed by atoms with Crippen molar-refractivity contribution in [3.63, 3.8) is 0 Å². The van der Waals surface area contributed by atoms with Crippen LogP contribution in [0.4, 0.5) is 23.3 Å². The highest BCUT2D eigenvalue weighted by atomic mass is 15.2. The molecule has 1 heterocycles. The second kappa shape index (κ2) is 7.93. The number of aromatic nitrogens is 3. The van der Waals surface area contributed by atoms with E-state index in [1.165, 1.54) is 0 Å². The van der Waals surface area contributed by atoms with Crippen molar-refractivity contribution >= 4 is 44.8 Å². The molecule has 4 aromatic carbocycles. The average molecular weight is 420 g/mol. The van der Waals surface area contributed by atoms with Crippen molar-refractivity contribution in [1.29, 1.82) is 0 Å². The Bertz CT molecular complexity index is 1310. The molecular weight excluding hydrogens is 394 g/mol. The van der Waals surface area contributed by atoms with Crippen LogP contribution in [0, 0.1) is 0 Å². The van der Waals surface area contributed by atoms with Crippen molar-refractivity contribution in [3.05, 3.63) is 90.8 Å². The predicted molar refractivity (Wildman–Crippen MR) is 133 cm³/mol. The summed E-state index contributed by atoms with van der Waals surface area (Å²) >= 11 is 0. The molecule has 5 aromatic rings. The number of hydrogen-bond donors (Lipinski definition) is 2. The second-order valence-electron chi connectivity index (χ2n) is 8.86. The number of nitrogens with one attached hydrogen (secondary N) is 2. The van der Waals surface area contributed by atoms with Crippen LogP contribution in [0.15, 0.2) is 84.9 Å². The van der Waals surface area contributed by atoms with E-state index in [1.54, 1.807) is 0 Å². The van der Waals surface area contributed by atoms with Crippen LogP contribution in [0.2, 0.25) is 0 Å². The standard InChI is InChI=1S/C27H25N5/c1-27(2,3)24-30-25(28-22-16-8-12-18-10-4-6-14-20(18)22)32-26(31-24)29-23-17-9-13-19-11-5-7-15-21(19)23/h4-17H,1-3H3,(H2,28,29,30,31,32). The van der Waals surface area contributed by atoms with Gasteiger partial charge in [-0.3, -0.25) is 0 Å². The molecule has 5 rings (SSSR count). The first kappa shape index (κ1) is 19.9. The van der Waals surface area contributed by atoms with E-state index in [2.05, 4.69) is 67.8 Å². The molecule has 0 bridgehead atoms. The zero-order valence-electron chi connectivity index (χ0n) is 18.4. The van der Waals surface area contributed by atoms with Gasteiger partial charge in [-0.1, -0.05) is 93.6 Å². The SMILES string of the molecule is CC(C)(C)c1nc(Nc2cccc3ccccc23)nc(Nc2cccc3ccccc23)n1. The molecular formula is C27H25N5. The van der Waals surface area contributed by atoms with Gasteiger partial charge in [-0.25, -0.2) is 0 Å². The van der Waals surface area contributed by atoms with E-state index in [0.717, 1.165) is 38.7 Å². The smallest absolute Gasteiger partial charge is 0.232 e. The van der Waals surface area contributed by atoms with Gasteiger partial charge >= 0.3 is 0 Å². The minimum atomic E-state index is -0.229. The normalized spacial score (nSPS) is 11.6. The van der Waals surface area contributed by atoms with Crippen LogP contribution in [-0.2, 0) is 5.41 Å². The van der Waals surface area contributed by atoms with Crippen molar-refractivity contribution in [3.8, 4) is 0 Å². The Morgan fingerprint density at radius 1 is 0.531 bits per heavy atom. The monoisotopic (exact) mass is 419 g/mol. The van der Waals surface area contributed by atoms with Crippen molar-refractivity contribution in [2.24, 2.45) is 0 Å². The summed E-state index contributed by atoms with van der Waals surface area (Å²) in [5.41, 5.74) is 1.70. The molecule has 5 nitrogen and oxygen atoms in total. The third kappa shape index (κ3) is 3.97. The van der Waals surface area contributed by atoms with Gasteiger partial charge in [-0.2, -0.15) is 15.0 Å². The maximum Gasteiger partial charge on any atom is 0.232 e. The van der Waals surface area contributed by atoms with E-state index in [9.17, 15) is 0 Å². The number of rotatable bonds is 4. The van der Waals surface area contributed by atoms with Gasteiger partial charge in [-0.05, 0) is 22.9 Å². The Kier molecular flexibility index (Phi) is 4.94. The molecule has 0 saturated heterocycles. The predicted octanol–water partition coefficient (Wildman–Crippen LogP) is 6.96. The van der Waals surface area contributed by atoms with Crippen LogP contribution in [0.3, 0.4) is 0 Å². The van der Waals surface area contributed by atoms with Crippen molar-refractivity contribution in [1.82, 2.24) is 15.0 Å². The minimum Gasteiger partial charge on any atom is -0.323 e. The van der Waals surface area contributed by atoms with Crippen LogP contribution in [-0.4, -0.2) is 15.0 Å².